The SMILES string of the molecule is COc1cc(C(=O)N(CCCc2ccccc2)Cc2ccc(C(=O)O)o2)cc(OC)c1C. The highest BCUT2D eigenvalue weighted by atomic mass is 16.5. The maximum atomic E-state index is 13.4. The standard InChI is InChI=1S/C25H27NO6/c1-17-22(30-2)14-19(15-23(17)31-3)24(27)26(13-7-10-18-8-5-4-6-9-18)16-20-11-12-21(32-20)25(28)29/h4-6,8-9,11-12,14-15H,7,10,13,16H2,1-3H3,(H,28,29). The molecule has 7 nitrogen and oxygen atoms in total. The molecule has 32 heavy (non-hydrogen) atoms. The van der Waals surface area contributed by atoms with E-state index in [1.54, 1.807) is 37.3 Å². The first-order valence-corrected chi connectivity index (χ1v) is 10.3. The second-order valence-electron chi connectivity index (χ2n) is 7.39. The lowest BCUT2D eigenvalue weighted by Crippen LogP contribution is -2.31. The molecule has 1 heterocycles. The highest BCUT2D eigenvalue weighted by Crippen LogP contribution is 2.30. The van der Waals surface area contributed by atoms with Crippen molar-refractivity contribution in [3.8, 4) is 11.5 Å². The van der Waals surface area contributed by atoms with Crippen LogP contribution < -0.4 is 9.47 Å². The van der Waals surface area contributed by atoms with Gasteiger partial charge in [0.2, 0.25) is 5.76 Å². The molecule has 0 radical (unpaired) electrons. The largest absolute Gasteiger partial charge is 0.496 e. The fourth-order valence-corrected chi connectivity index (χ4v) is 3.53. The second kappa shape index (κ2) is 10.5. The second-order valence-corrected chi connectivity index (χ2v) is 7.39. The van der Waals surface area contributed by atoms with Gasteiger partial charge in [-0.25, -0.2) is 4.79 Å². The molecule has 0 saturated heterocycles. The summed E-state index contributed by atoms with van der Waals surface area (Å²) in [6, 6.07) is 16.4. The van der Waals surface area contributed by atoms with E-state index in [9.17, 15) is 9.59 Å². The number of aromatic carboxylic acids is 1. The van der Waals surface area contributed by atoms with Crippen LogP contribution in [0.1, 0.15) is 44.2 Å². The molecule has 7 heteroatoms. The molecular formula is C25H27NO6. The zero-order chi connectivity index (χ0) is 23.1. The molecule has 0 aliphatic heterocycles. The number of nitrogens with zero attached hydrogens (tertiary/aromatic N) is 1. The number of furan rings is 1. The van der Waals surface area contributed by atoms with Crippen LogP contribution >= 0.6 is 0 Å². The normalized spacial score (nSPS) is 10.6. The number of aryl methyl sites for hydroxylation is 1. The van der Waals surface area contributed by atoms with Crippen molar-refractivity contribution >= 4 is 11.9 Å². The summed E-state index contributed by atoms with van der Waals surface area (Å²) in [5, 5.41) is 9.13. The highest BCUT2D eigenvalue weighted by Gasteiger charge is 2.21. The maximum absolute atomic E-state index is 13.4. The van der Waals surface area contributed by atoms with E-state index >= 15 is 0 Å². The zero-order valence-electron chi connectivity index (χ0n) is 18.5. The number of carbonyl (C=O) groups is 2. The first-order chi connectivity index (χ1) is 15.4. The molecule has 3 rings (SSSR count). The molecule has 1 N–H and O–H groups in total. The van der Waals surface area contributed by atoms with Crippen molar-refractivity contribution in [3.05, 3.63) is 82.8 Å². The number of hydrogen-bond donors (Lipinski definition) is 1. The minimum Gasteiger partial charge on any atom is -0.496 e. The molecule has 168 valence electrons. The first kappa shape index (κ1) is 22.9. The van der Waals surface area contributed by atoms with E-state index in [0.29, 0.717) is 29.4 Å². The van der Waals surface area contributed by atoms with Crippen LogP contribution in [0.2, 0.25) is 0 Å². The number of methoxy groups -OCH3 is 2. The molecule has 1 aromatic heterocycles. The van der Waals surface area contributed by atoms with Gasteiger partial charge in [-0.05, 0) is 49.6 Å². The van der Waals surface area contributed by atoms with E-state index in [0.717, 1.165) is 18.4 Å². The third-order valence-electron chi connectivity index (χ3n) is 5.24. The fraction of sp³-hybridized carbons (Fsp3) is 0.280. The average molecular weight is 437 g/mol. The number of carboxylic acid groups (broad SMARTS) is 1. The number of carboxylic acids is 1. The van der Waals surface area contributed by atoms with Gasteiger partial charge in [-0.2, -0.15) is 0 Å². The summed E-state index contributed by atoms with van der Waals surface area (Å²) in [5.74, 6) is -0.00259. The van der Waals surface area contributed by atoms with Crippen LogP contribution in [0.4, 0.5) is 0 Å². The summed E-state index contributed by atoms with van der Waals surface area (Å²) < 4.78 is 16.2. The van der Waals surface area contributed by atoms with Gasteiger partial charge in [0, 0.05) is 17.7 Å². The minimum atomic E-state index is -1.15. The minimum absolute atomic E-state index is 0.152. The van der Waals surface area contributed by atoms with Crippen LogP contribution in [-0.2, 0) is 13.0 Å². The molecule has 3 aromatic rings. The fourth-order valence-electron chi connectivity index (χ4n) is 3.53. The molecule has 0 aliphatic rings. The Morgan fingerprint density at radius 1 is 1.00 bits per heavy atom. The summed E-state index contributed by atoms with van der Waals surface area (Å²) in [5.41, 5.74) is 2.41. The summed E-state index contributed by atoms with van der Waals surface area (Å²) in [6.45, 7) is 2.48. The molecule has 0 unspecified atom stereocenters. The van der Waals surface area contributed by atoms with Crippen molar-refractivity contribution in [2.45, 2.75) is 26.3 Å². The Morgan fingerprint density at radius 3 is 2.22 bits per heavy atom. The Balaban J connectivity index is 1.84. The third-order valence-corrected chi connectivity index (χ3v) is 5.24. The number of rotatable bonds is 10. The van der Waals surface area contributed by atoms with E-state index in [1.165, 1.54) is 11.6 Å². The van der Waals surface area contributed by atoms with Gasteiger partial charge in [-0.1, -0.05) is 30.3 Å². The van der Waals surface area contributed by atoms with Crippen LogP contribution in [0.15, 0.2) is 59.0 Å². The van der Waals surface area contributed by atoms with Crippen LogP contribution in [0.5, 0.6) is 11.5 Å². The topological polar surface area (TPSA) is 89.2 Å². The van der Waals surface area contributed by atoms with E-state index in [2.05, 4.69) is 0 Å². The first-order valence-electron chi connectivity index (χ1n) is 10.3. The summed E-state index contributed by atoms with van der Waals surface area (Å²) in [6.07, 6.45) is 1.55. The third kappa shape index (κ3) is 5.49. The summed E-state index contributed by atoms with van der Waals surface area (Å²) in [7, 11) is 3.09. The van der Waals surface area contributed by atoms with Gasteiger partial charge in [0.15, 0.2) is 0 Å². The summed E-state index contributed by atoms with van der Waals surface area (Å²) in [4.78, 5) is 26.2. The van der Waals surface area contributed by atoms with Crippen molar-refractivity contribution < 1.29 is 28.6 Å². The molecule has 0 saturated carbocycles. The highest BCUT2D eigenvalue weighted by molar-refractivity contribution is 5.95. The number of hydrogen-bond acceptors (Lipinski definition) is 5. The van der Waals surface area contributed by atoms with Crippen LogP contribution in [0.25, 0.3) is 0 Å². The van der Waals surface area contributed by atoms with Gasteiger partial charge in [-0.15, -0.1) is 0 Å². The van der Waals surface area contributed by atoms with Gasteiger partial charge in [0.25, 0.3) is 5.91 Å². The lowest BCUT2D eigenvalue weighted by molar-refractivity contribution is 0.0656. The molecular weight excluding hydrogens is 410 g/mol. The smallest absolute Gasteiger partial charge is 0.371 e. The van der Waals surface area contributed by atoms with Crippen LogP contribution in [0, 0.1) is 6.92 Å². The van der Waals surface area contributed by atoms with E-state index < -0.39 is 5.97 Å². The van der Waals surface area contributed by atoms with E-state index in [4.69, 9.17) is 19.0 Å². The Morgan fingerprint density at radius 2 is 1.66 bits per heavy atom. The predicted molar refractivity (Wildman–Crippen MR) is 119 cm³/mol. The zero-order valence-corrected chi connectivity index (χ0v) is 18.5. The van der Waals surface area contributed by atoms with E-state index in [1.807, 2.05) is 37.3 Å². The maximum Gasteiger partial charge on any atom is 0.371 e. The Labute approximate surface area is 187 Å². The number of amides is 1. The van der Waals surface area contributed by atoms with Gasteiger partial charge < -0.3 is 23.9 Å². The molecule has 0 bridgehead atoms. The van der Waals surface area contributed by atoms with Gasteiger partial charge >= 0.3 is 5.97 Å². The molecule has 0 spiro atoms. The summed E-state index contributed by atoms with van der Waals surface area (Å²) >= 11 is 0. The lowest BCUT2D eigenvalue weighted by Gasteiger charge is -2.23. The molecule has 0 fully saturated rings. The van der Waals surface area contributed by atoms with Crippen molar-refractivity contribution in [2.24, 2.45) is 0 Å². The molecule has 1 amide bonds. The molecule has 2 aromatic carbocycles. The number of benzene rings is 2. The van der Waals surface area contributed by atoms with Crippen molar-refractivity contribution in [2.75, 3.05) is 20.8 Å². The van der Waals surface area contributed by atoms with Crippen molar-refractivity contribution in [3.63, 3.8) is 0 Å². The van der Waals surface area contributed by atoms with Gasteiger partial charge in [0.05, 0.1) is 20.8 Å². The van der Waals surface area contributed by atoms with Crippen molar-refractivity contribution in [1.82, 2.24) is 4.90 Å². The number of ether oxygens (including phenoxy) is 2. The monoisotopic (exact) mass is 437 g/mol. The quantitative estimate of drug-likeness (QED) is 0.499. The Bertz CT molecular complexity index is 1050. The number of carbonyl (C=O) groups excluding carboxylic acids is 1. The van der Waals surface area contributed by atoms with E-state index in [-0.39, 0.29) is 18.2 Å². The Kier molecular flexibility index (Phi) is 7.54. The molecule has 0 aliphatic carbocycles. The van der Waals surface area contributed by atoms with Crippen LogP contribution in [-0.4, -0.2) is 42.6 Å². The predicted octanol–water partition coefficient (Wildman–Crippen LogP) is 4.58. The van der Waals surface area contributed by atoms with Gasteiger partial charge in [-0.3, -0.25) is 4.79 Å². The molecule has 0 atom stereocenters. The van der Waals surface area contributed by atoms with Gasteiger partial charge in [0.1, 0.15) is 17.3 Å². The van der Waals surface area contributed by atoms with Crippen LogP contribution in [0.3, 0.4) is 0 Å². The lowest BCUT2D eigenvalue weighted by atomic mass is 10.1. The average Bonchev–Trinajstić information content (AvgIpc) is 3.28. The Hall–Kier alpha value is -3.74. The van der Waals surface area contributed by atoms with Crippen molar-refractivity contribution in [1.29, 1.82) is 0 Å².